The predicted molar refractivity (Wildman–Crippen MR) is 111 cm³/mol. The third-order valence-electron chi connectivity index (χ3n) is 4.88. The number of furan rings is 1. The topological polar surface area (TPSA) is 73.0 Å². The molecule has 0 aliphatic heterocycles. The number of anilines is 1. The molecule has 0 radical (unpaired) electrons. The minimum absolute atomic E-state index is 0.0319. The summed E-state index contributed by atoms with van der Waals surface area (Å²) >= 11 is 7.09. The van der Waals surface area contributed by atoms with Crippen molar-refractivity contribution in [2.24, 2.45) is 0 Å². The van der Waals surface area contributed by atoms with Crippen LogP contribution < -0.4 is 5.32 Å². The second-order valence-corrected chi connectivity index (χ2v) is 8.26. The van der Waals surface area contributed by atoms with Crippen molar-refractivity contribution >= 4 is 35.0 Å². The number of benzene rings is 1. The summed E-state index contributed by atoms with van der Waals surface area (Å²) in [5.74, 6) is 0.758. The lowest BCUT2D eigenvalue weighted by Crippen LogP contribution is -2.17. The summed E-state index contributed by atoms with van der Waals surface area (Å²) in [6.45, 7) is 0. The first-order valence-electron chi connectivity index (χ1n) is 9.48. The number of nitrogens with one attached hydrogen (secondary N) is 1. The van der Waals surface area contributed by atoms with E-state index in [0.29, 0.717) is 28.5 Å². The minimum atomic E-state index is -0.523. The van der Waals surface area contributed by atoms with E-state index in [-0.39, 0.29) is 16.7 Å². The number of nitrogens with zero attached hydrogens (tertiary/aromatic N) is 3. The van der Waals surface area contributed by atoms with Gasteiger partial charge < -0.3 is 9.73 Å². The summed E-state index contributed by atoms with van der Waals surface area (Å²) in [4.78, 5) is 12.4. The smallest absolute Gasteiger partial charge is 0.234 e. The number of carbonyl (C=O) groups excluding carboxylic acids is 1. The molecule has 1 aliphatic rings. The zero-order valence-corrected chi connectivity index (χ0v) is 17.2. The van der Waals surface area contributed by atoms with Crippen molar-refractivity contribution < 1.29 is 13.6 Å². The molecule has 1 amide bonds. The molecular weight excluding hydrogens is 415 g/mol. The van der Waals surface area contributed by atoms with Gasteiger partial charge in [-0.05, 0) is 43.2 Å². The number of carbonyl (C=O) groups is 1. The molecule has 152 valence electrons. The summed E-state index contributed by atoms with van der Waals surface area (Å²) in [5, 5.41) is 12.0. The Bertz CT molecular complexity index is 987. The van der Waals surface area contributed by atoms with E-state index in [1.165, 1.54) is 36.4 Å². The molecule has 29 heavy (non-hydrogen) atoms. The van der Waals surface area contributed by atoms with Crippen molar-refractivity contribution in [3.63, 3.8) is 0 Å². The van der Waals surface area contributed by atoms with Crippen LogP contribution in [-0.4, -0.2) is 26.4 Å². The first-order valence-corrected chi connectivity index (χ1v) is 10.8. The fraction of sp³-hybridized carbons (Fsp3) is 0.350. The summed E-state index contributed by atoms with van der Waals surface area (Å²) in [6.07, 6.45) is 7.29. The number of thioether (sulfide) groups is 1. The van der Waals surface area contributed by atoms with E-state index in [2.05, 4.69) is 20.1 Å². The van der Waals surface area contributed by atoms with Crippen molar-refractivity contribution in [3.8, 4) is 11.6 Å². The van der Waals surface area contributed by atoms with Gasteiger partial charge in [-0.3, -0.25) is 9.36 Å². The standard InChI is InChI=1S/C20H20ClFN4O2S/c21-15-11-13(8-9-16(15)22)23-18(27)12-29-20-25-24-19(17-7-4-10-28-17)26(20)14-5-2-1-3-6-14/h4,7-11,14H,1-3,5-6,12H2,(H,23,27). The fourth-order valence-electron chi connectivity index (χ4n) is 3.52. The molecular formula is C20H20ClFN4O2S. The van der Waals surface area contributed by atoms with Crippen LogP contribution in [0.4, 0.5) is 10.1 Å². The van der Waals surface area contributed by atoms with Gasteiger partial charge in [-0.15, -0.1) is 10.2 Å². The van der Waals surface area contributed by atoms with Gasteiger partial charge in [0.1, 0.15) is 5.82 Å². The largest absolute Gasteiger partial charge is 0.461 e. The summed E-state index contributed by atoms with van der Waals surface area (Å²) in [6, 6.07) is 8.06. The molecule has 1 aliphatic carbocycles. The van der Waals surface area contributed by atoms with E-state index in [0.717, 1.165) is 25.7 Å². The Morgan fingerprint density at radius 2 is 2.10 bits per heavy atom. The molecule has 1 aromatic carbocycles. The summed E-state index contributed by atoms with van der Waals surface area (Å²) in [7, 11) is 0. The highest BCUT2D eigenvalue weighted by Gasteiger charge is 2.25. The van der Waals surface area contributed by atoms with Crippen molar-refractivity contribution in [3.05, 3.63) is 47.4 Å². The Kier molecular flexibility index (Phi) is 6.20. The van der Waals surface area contributed by atoms with E-state index >= 15 is 0 Å². The number of aromatic nitrogens is 3. The van der Waals surface area contributed by atoms with Crippen molar-refractivity contribution in [2.45, 2.75) is 43.3 Å². The molecule has 0 bridgehead atoms. The number of halogens is 2. The van der Waals surface area contributed by atoms with Crippen LogP contribution in [0.5, 0.6) is 0 Å². The monoisotopic (exact) mass is 434 g/mol. The Morgan fingerprint density at radius 1 is 1.28 bits per heavy atom. The quantitative estimate of drug-likeness (QED) is 0.513. The molecule has 1 fully saturated rings. The van der Waals surface area contributed by atoms with Crippen LogP contribution in [0.1, 0.15) is 38.1 Å². The molecule has 2 heterocycles. The summed E-state index contributed by atoms with van der Waals surface area (Å²) in [5.41, 5.74) is 0.451. The van der Waals surface area contributed by atoms with Crippen LogP contribution in [0.3, 0.4) is 0 Å². The van der Waals surface area contributed by atoms with Crippen molar-refractivity contribution in [1.82, 2.24) is 14.8 Å². The lowest BCUT2D eigenvalue weighted by Gasteiger charge is -2.25. The van der Waals surface area contributed by atoms with Crippen LogP contribution in [-0.2, 0) is 4.79 Å². The molecule has 9 heteroatoms. The Balaban J connectivity index is 1.49. The van der Waals surface area contributed by atoms with Gasteiger partial charge in [0.05, 0.1) is 17.0 Å². The number of hydrogen-bond donors (Lipinski definition) is 1. The van der Waals surface area contributed by atoms with Gasteiger partial charge in [-0.25, -0.2) is 4.39 Å². The maximum atomic E-state index is 13.3. The van der Waals surface area contributed by atoms with Gasteiger partial charge in [0.15, 0.2) is 10.9 Å². The van der Waals surface area contributed by atoms with Crippen molar-refractivity contribution in [2.75, 3.05) is 11.1 Å². The minimum Gasteiger partial charge on any atom is -0.461 e. The van der Waals surface area contributed by atoms with Gasteiger partial charge in [0, 0.05) is 11.7 Å². The van der Waals surface area contributed by atoms with E-state index in [1.807, 2.05) is 12.1 Å². The molecule has 0 atom stereocenters. The predicted octanol–water partition coefficient (Wildman–Crippen LogP) is 5.57. The first kappa shape index (κ1) is 20.0. The summed E-state index contributed by atoms with van der Waals surface area (Å²) < 4.78 is 20.9. The Labute approximate surface area is 176 Å². The molecule has 1 saturated carbocycles. The highest BCUT2D eigenvalue weighted by molar-refractivity contribution is 7.99. The second-order valence-electron chi connectivity index (χ2n) is 6.91. The fourth-order valence-corrected chi connectivity index (χ4v) is 4.50. The van der Waals surface area contributed by atoms with E-state index < -0.39 is 5.82 Å². The normalized spacial score (nSPS) is 14.8. The highest BCUT2D eigenvalue weighted by Crippen LogP contribution is 2.35. The van der Waals surface area contributed by atoms with Crippen molar-refractivity contribution in [1.29, 1.82) is 0 Å². The zero-order chi connectivity index (χ0) is 20.2. The maximum Gasteiger partial charge on any atom is 0.234 e. The van der Waals surface area contributed by atoms with Gasteiger partial charge in [-0.1, -0.05) is 42.6 Å². The SMILES string of the molecule is O=C(CSc1nnc(-c2ccco2)n1C1CCCCC1)Nc1ccc(F)c(Cl)c1. The molecule has 6 nitrogen and oxygen atoms in total. The van der Waals surface area contributed by atoms with Gasteiger partial charge >= 0.3 is 0 Å². The van der Waals surface area contributed by atoms with Crippen LogP contribution >= 0.6 is 23.4 Å². The number of amides is 1. The van der Waals surface area contributed by atoms with E-state index in [9.17, 15) is 9.18 Å². The third kappa shape index (κ3) is 4.64. The second kappa shape index (κ2) is 9.00. The molecule has 0 saturated heterocycles. The lowest BCUT2D eigenvalue weighted by molar-refractivity contribution is -0.113. The van der Waals surface area contributed by atoms with Crippen LogP contribution in [0.25, 0.3) is 11.6 Å². The molecule has 2 aromatic heterocycles. The van der Waals surface area contributed by atoms with E-state index in [1.54, 1.807) is 6.26 Å². The van der Waals surface area contributed by atoms with E-state index in [4.69, 9.17) is 16.0 Å². The Morgan fingerprint density at radius 3 is 2.83 bits per heavy atom. The number of hydrogen-bond acceptors (Lipinski definition) is 5. The van der Waals surface area contributed by atoms with Gasteiger partial charge in [0.25, 0.3) is 0 Å². The average Bonchev–Trinajstić information content (AvgIpc) is 3.39. The highest BCUT2D eigenvalue weighted by atomic mass is 35.5. The maximum absolute atomic E-state index is 13.3. The molecule has 0 spiro atoms. The van der Waals surface area contributed by atoms with Gasteiger partial charge in [0.2, 0.25) is 11.7 Å². The molecule has 4 rings (SSSR count). The zero-order valence-electron chi connectivity index (χ0n) is 15.6. The van der Waals surface area contributed by atoms with Crippen LogP contribution in [0.15, 0.2) is 46.2 Å². The third-order valence-corrected chi connectivity index (χ3v) is 6.11. The first-order chi connectivity index (χ1) is 14.1. The van der Waals surface area contributed by atoms with Gasteiger partial charge in [-0.2, -0.15) is 0 Å². The average molecular weight is 435 g/mol. The Hall–Kier alpha value is -2.32. The van der Waals surface area contributed by atoms with Crippen LogP contribution in [0.2, 0.25) is 5.02 Å². The number of rotatable bonds is 6. The molecule has 3 aromatic rings. The van der Waals surface area contributed by atoms with Crippen LogP contribution in [0, 0.1) is 5.82 Å². The lowest BCUT2D eigenvalue weighted by atomic mass is 9.95. The molecule has 1 N–H and O–H groups in total. The molecule has 0 unspecified atom stereocenters.